The van der Waals surface area contributed by atoms with Gasteiger partial charge in [-0.25, -0.2) is 0 Å². The van der Waals surface area contributed by atoms with Crippen LogP contribution in [0.3, 0.4) is 0 Å². The zero-order valence-corrected chi connectivity index (χ0v) is 16.7. The summed E-state index contributed by atoms with van der Waals surface area (Å²) in [5.41, 5.74) is 8.42. The fourth-order valence-electron chi connectivity index (χ4n) is 4.31. The predicted octanol–water partition coefficient (Wildman–Crippen LogP) is 6.82. The van der Waals surface area contributed by atoms with E-state index >= 15 is 0 Å². The molecule has 0 saturated heterocycles. The Morgan fingerprint density at radius 1 is 0.821 bits per heavy atom. The van der Waals surface area contributed by atoms with Crippen molar-refractivity contribution in [2.24, 2.45) is 0 Å². The summed E-state index contributed by atoms with van der Waals surface area (Å²) in [5, 5.41) is 13.8. The number of aromatic nitrogens is 1. The van der Waals surface area contributed by atoms with Crippen LogP contribution in [0, 0.1) is 13.8 Å². The summed E-state index contributed by atoms with van der Waals surface area (Å²) in [6, 6.07) is 16.4. The molecule has 0 spiro atoms. The molecule has 0 atom stereocenters. The lowest BCUT2D eigenvalue weighted by Crippen LogP contribution is -1.95. The average molecular weight is 373 g/mol. The summed E-state index contributed by atoms with van der Waals surface area (Å²) in [6.07, 6.45) is 7.46. The van der Waals surface area contributed by atoms with Gasteiger partial charge in [0.1, 0.15) is 11.5 Å². The molecular formula is C25H27NO2. The van der Waals surface area contributed by atoms with Crippen molar-refractivity contribution < 1.29 is 9.63 Å². The second-order valence-corrected chi connectivity index (χ2v) is 7.72. The number of allylic oxidation sites excluding steroid dienone is 1. The summed E-state index contributed by atoms with van der Waals surface area (Å²) in [5.74, 6) is 1.16. The molecule has 1 fully saturated rings. The summed E-state index contributed by atoms with van der Waals surface area (Å²) >= 11 is 0. The van der Waals surface area contributed by atoms with Gasteiger partial charge in [0.25, 0.3) is 0 Å². The van der Waals surface area contributed by atoms with Gasteiger partial charge in [-0.2, -0.15) is 0 Å². The number of hydrogen-bond donors (Lipinski definition) is 1. The second-order valence-electron chi connectivity index (χ2n) is 7.72. The largest absolute Gasteiger partial charge is 0.508 e. The smallest absolute Gasteiger partial charge is 0.141 e. The zero-order valence-electron chi connectivity index (χ0n) is 16.7. The molecule has 0 aliphatic heterocycles. The van der Waals surface area contributed by atoms with Gasteiger partial charge in [-0.05, 0) is 73.9 Å². The van der Waals surface area contributed by atoms with Crippen LogP contribution in [0.15, 0.2) is 58.6 Å². The Labute approximate surface area is 166 Å². The van der Waals surface area contributed by atoms with Gasteiger partial charge in [0, 0.05) is 5.56 Å². The molecule has 0 bridgehead atoms. The minimum atomic E-state index is 0.308. The van der Waals surface area contributed by atoms with E-state index in [1.165, 1.54) is 48.0 Å². The van der Waals surface area contributed by atoms with Gasteiger partial charge < -0.3 is 9.63 Å². The molecule has 0 radical (unpaired) electrons. The normalized spacial score (nSPS) is 14.7. The van der Waals surface area contributed by atoms with Crippen LogP contribution in [0.4, 0.5) is 0 Å². The van der Waals surface area contributed by atoms with E-state index < -0.39 is 0 Å². The number of hydrogen-bond acceptors (Lipinski definition) is 3. The third-order valence-corrected chi connectivity index (χ3v) is 5.71. The minimum Gasteiger partial charge on any atom is -0.508 e. The van der Waals surface area contributed by atoms with Crippen LogP contribution in [-0.4, -0.2) is 10.3 Å². The van der Waals surface area contributed by atoms with E-state index in [2.05, 4.69) is 29.4 Å². The van der Waals surface area contributed by atoms with Crippen LogP contribution in [0.5, 0.6) is 5.75 Å². The molecule has 1 heterocycles. The number of benzene rings is 2. The highest BCUT2D eigenvalue weighted by atomic mass is 16.5. The van der Waals surface area contributed by atoms with Gasteiger partial charge >= 0.3 is 0 Å². The van der Waals surface area contributed by atoms with Crippen LogP contribution in [0.2, 0.25) is 0 Å². The van der Waals surface area contributed by atoms with Gasteiger partial charge in [0.15, 0.2) is 0 Å². The summed E-state index contributed by atoms with van der Waals surface area (Å²) in [7, 11) is 0. The lowest BCUT2D eigenvalue weighted by Gasteiger charge is -2.16. The topological polar surface area (TPSA) is 46.3 Å². The van der Waals surface area contributed by atoms with Crippen molar-refractivity contribution in [2.75, 3.05) is 0 Å². The first-order valence-corrected chi connectivity index (χ1v) is 10.2. The fraction of sp³-hybridized carbons (Fsp3) is 0.320. The van der Waals surface area contributed by atoms with Crippen molar-refractivity contribution in [3.05, 3.63) is 76.7 Å². The highest BCUT2D eigenvalue weighted by molar-refractivity contribution is 5.83. The van der Waals surface area contributed by atoms with Gasteiger partial charge in [0.2, 0.25) is 0 Å². The molecule has 1 saturated carbocycles. The van der Waals surface area contributed by atoms with Crippen molar-refractivity contribution in [3.8, 4) is 16.9 Å². The van der Waals surface area contributed by atoms with Crippen LogP contribution in [0.25, 0.3) is 16.7 Å². The lowest BCUT2D eigenvalue weighted by molar-refractivity contribution is 0.393. The van der Waals surface area contributed by atoms with Gasteiger partial charge in [-0.3, -0.25) is 0 Å². The molecule has 1 aliphatic carbocycles. The first-order chi connectivity index (χ1) is 13.6. The van der Waals surface area contributed by atoms with E-state index in [4.69, 9.17) is 4.52 Å². The first kappa shape index (κ1) is 18.5. The number of rotatable bonds is 3. The Morgan fingerprint density at radius 2 is 1.39 bits per heavy atom. The van der Waals surface area contributed by atoms with Crippen LogP contribution in [0.1, 0.15) is 61.1 Å². The Balaban J connectivity index is 1.78. The molecule has 144 valence electrons. The highest BCUT2D eigenvalue weighted by Crippen LogP contribution is 2.36. The molecule has 28 heavy (non-hydrogen) atoms. The van der Waals surface area contributed by atoms with Crippen LogP contribution < -0.4 is 0 Å². The van der Waals surface area contributed by atoms with Crippen molar-refractivity contribution in [1.82, 2.24) is 5.16 Å². The Bertz CT molecular complexity index is 949. The third kappa shape index (κ3) is 3.75. The van der Waals surface area contributed by atoms with Gasteiger partial charge in [0.05, 0.1) is 5.69 Å². The summed E-state index contributed by atoms with van der Waals surface area (Å²) in [4.78, 5) is 0. The standard InChI is InChI=1S/C25H27NO2/c1-17-24(18(2)28-26-17)20-9-11-21(12-10-20)25(19-7-5-3-4-6-8-19)22-13-15-23(27)16-14-22/h9-16,27H,3-8H2,1-2H3. The SMILES string of the molecule is Cc1noc(C)c1-c1ccc(C(=C2CCCCCC2)c2ccc(O)cc2)cc1. The monoisotopic (exact) mass is 373 g/mol. The molecule has 1 aliphatic rings. The van der Waals surface area contributed by atoms with Crippen LogP contribution >= 0.6 is 0 Å². The number of aryl methyl sites for hydroxylation is 2. The van der Waals surface area contributed by atoms with E-state index in [0.29, 0.717) is 5.75 Å². The second kappa shape index (κ2) is 8.05. The fourth-order valence-corrected chi connectivity index (χ4v) is 4.31. The zero-order chi connectivity index (χ0) is 19.5. The Morgan fingerprint density at radius 3 is 1.93 bits per heavy atom. The maximum Gasteiger partial charge on any atom is 0.141 e. The average Bonchev–Trinajstić information content (AvgIpc) is 2.88. The maximum absolute atomic E-state index is 9.73. The van der Waals surface area contributed by atoms with Crippen molar-refractivity contribution in [3.63, 3.8) is 0 Å². The summed E-state index contributed by atoms with van der Waals surface area (Å²) in [6.45, 7) is 3.94. The Hall–Kier alpha value is -2.81. The molecule has 3 aromatic rings. The number of phenolic OH excluding ortho intramolecular Hbond substituents is 1. The third-order valence-electron chi connectivity index (χ3n) is 5.71. The van der Waals surface area contributed by atoms with E-state index in [1.807, 2.05) is 26.0 Å². The van der Waals surface area contributed by atoms with Gasteiger partial charge in [-0.15, -0.1) is 0 Å². The highest BCUT2D eigenvalue weighted by Gasteiger charge is 2.16. The molecule has 2 aromatic carbocycles. The van der Waals surface area contributed by atoms with E-state index in [1.54, 1.807) is 12.1 Å². The molecule has 1 aromatic heterocycles. The first-order valence-electron chi connectivity index (χ1n) is 10.2. The van der Waals surface area contributed by atoms with E-state index in [0.717, 1.165) is 35.4 Å². The molecule has 1 N–H and O–H groups in total. The number of nitrogens with zero attached hydrogens (tertiary/aromatic N) is 1. The van der Waals surface area contributed by atoms with Crippen molar-refractivity contribution >= 4 is 5.57 Å². The minimum absolute atomic E-state index is 0.308. The quantitative estimate of drug-likeness (QED) is 0.512. The van der Waals surface area contributed by atoms with Crippen LogP contribution in [-0.2, 0) is 0 Å². The van der Waals surface area contributed by atoms with Gasteiger partial charge in [-0.1, -0.05) is 60.0 Å². The van der Waals surface area contributed by atoms with Crippen molar-refractivity contribution in [2.45, 2.75) is 52.4 Å². The van der Waals surface area contributed by atoms with E-state index in [9.17, 15) is 5.11 Å². The molecule has 4 rings (SSSR count). The lowest BCUT2D eigenvalue weighted by atomic mass is 9.88. The Kier molecular flexibility index (Phi) is 5.34. The summed E-state index contributed by atoms with van der Waals surface area (Å²) < 4.78 is 5.33. The molecule has 0 unspecified atom stereocenters. The molecule has 3 nitrogen and oxygen atoms in total. The van der Waals surface area contributed by atoms with Crippen molar-refractivity contribution in [1.29, 1.82) is 0 Å². The van der Waals surface area contributed by atoms with E-state index in [-0.39, 0.29) is 0 Å². The molecule has 3 heteroatoms. The number of aromatic hydroxyl groups is 1. The number of phenols is 1. The molecule has 0 amide bonds. The maximum atomic E-state index is 9.73. The predicted molar refractivity (Wildman–Crippen MR) is 113 cm³/mol. The molecular weight excluding hydrogens is 346 g/mol.